The number of anilines is 1. The van der Waals surface area contributed by atoms with Crippen molar-refractivity contribution in [1.82, 2.24) is 26.0 Å². The minimum atomic E-state index is -2.05. The quantitative estimate of drug-likeness (QED) is 0.0842. The highest BCUT2D eigenvalue weighted by atomic mass is 32.2. The standard InChI is InChI=1S/C12H14.2C10H11N.C10H13N.C9H11NOS.C9H11NO.C9H11N.C9H10.8C5H12.4CH4/c1-2-6-11-10(4-1)5-3-7-12(11)8-9-12;1-8-6-9-4-2-3-5-10(9)7-11-8;1-8-6-7-9-4-2-3-5-10(9)11-8;1-2-5-10-8-11-7-3-6-9(10)4-1;1-12(11)7-9-5-3-2-4-8(9)6-10-12;1-2-4-9-8(3-1)7-10-5-6-11-9;1-2-4-9-7-10-6-5-8(9)3-1;1-2-5-9-7-3-6-8(9)4-1;8*1-5(2,3)4;;;;/h1-2,4,6H,3,5,7-9H2;2*2-5,11H,1,6-7H2;1-2,4-5,11H,3,6-8H2;2-5H,1,6-7H2,(H,10,11);1-4,10H,5-7H2;1-4,10H,5-7H2;1-2,4-5H,3,6-7H2;8*1-4H3;4*1H4. The van der Waals surface area contributed by atoms with Gasteiger partial charge in [-0.1, -0.05) is 446 Å². The van der Waals surface area contributed by atoms with E-state index < -0.39 is 9.71 Å². The molecule has 1 atom stereocenters. The largest absolute Gasteiger partial charge is 0.492 e. The van der Waals surface area contributed by atoms with Gasteiger partial charge in [-0.05, 0) is 236 Å². The predicted molar refractivity (Wildman–Crippen MR) is 595 cm³/mol. The Balaban J connectivity index is -0.00000135. The van der Waals surface area contributed by atoms with Gasteiger partial charge >= 0.3 is 0 Å². The Morgan fingerprint density at radius 3 is 1.06 bits per heavy atom. The first-order valence-electron chi connectivity index (χ1n) is 48.0. The highest BCUT2D eigenvalue weighted by molar-refractivity contribution is 7.97. The second kappa shape index (κ2) is 62.9. The smallest absolute Gasteiger partial charge is 0.123 e. The van der Waals surface area contributed by atoms with E-state index >= 15 is 0 Å². The Morgan fingerprint density at radius 2 is 0.618 bits per heavy atom. The summed E-state index contributed by atoms with van der Waals surface area (Å²) in [4.78, 5) is 0. The zero-order valence-electron chi connectivity index (χ0n) is 87.3. The summed E-state index contributed by atoms with van der Waals surface area (Å²) in [6.07, 6.45) is 17.9. The van der Waals surface area contributed by atoms with Gasteiger partial charge in [0.2, 0.25) is 0 Å². The molecule has 740 valence electrons. The fraction of sp³-hybridized carbons (Fsp3) is 0.566. The molecule has 0 amide bonds. The molecule has 9 aliphatic rings. The molecule has 8 aromatic carbocycles. The summed E-state index contributed by atoms with van der Waals surface area (Å²) in [5.74, 6) is 5.23. The van der Waals surface area contributed by atoms with Crippen LogP contribution in [0.1, 0.15) is 374 Å². The lowest BCUT2D eigenvalue weighted by atomic mass is 9.80. The summed E-state index contributed by atoms with van der Waals surface area (Å²) in [5, 5.41) is 16.5. The van der Waals surface area contributed by atoms with Gasteiger partial charge in [-0.15, -0.1) is 0 Å². The Kier molecular flexibility index (Phi) is 61.3. The van der Waals surface area contributed by atoms with E-state index in [1.54, 1.807) is 22.3 Å². The number of nitrogens with one attached hydrogen (secondary N) is 6. The number of rotatable bonds is 0. The van der Waals surface area contributed by atoms with E-state index in [2.05, 4.69) is 424 Å². The van der Waals surface area contributed by atoms with Gasteiger partial charge < -0.3 is 31.3 Å². The van der Waals surface area contributed by atoms with Crippen molar-refractivity contribution in [3.63, 3.8) is 0 Å². The Bertz CT molecular complexity index is 4080. The lowest BCUT2D eigenvalue weighted by molar-refractivity contribution is 0.326. The molecule has 1 spiro atoms. The first-order valence-corrected chi connectivity index (χ1v) is 49.9. The molecule has 0 aromatic heterocycles. The molecular formula is C122H204N6O2S. The number of benzene rings is 8. The predicted octanol–water partition coefficient (Wildman–Crippen LogP) is 33.7. The summed E-state index contributed by atoms with van der Waals surface area (Å²) in [5.41, 5.74) is 28.4. The van der Waals surface area contributed by atoms with Crippen LogP contribution >= 0.6 is 0 Å². The topological polar surface area (TPSA) is 98.5 Å². The molecule has 0 saturated heterocycles. The number of hydrogen-bond acceptors (Lipinski definition) is 7. The number of allylic oxidation sites excluding steroid dienone is 2. The average Bonchev–Trinajstić information content (AvgIpc) is 1.60. The van der Waals surface area contributed by atoms with Gasteiger partial charge in [0.15, 0.2) is 0 Å². The molecule has 0 radical (unpaired) electrons. The van der Waals surface area contributed by atoms with Gasteiger partial charge in [0.1, 0.15) is 12.4 Å². The Labute approximate surface area is 813 Å². The minimum Gasteiger partial charge on any atom is -0.492 e. The first kappa shape index (κ1) is 128. The molecule has 6 aliphatic heterocycles. The Morgan fingerprint density at radius 1 is 0.298 bits per heavy atom. The van der Waals surface area contributed by atoms with Crippen molar-refractivity contribution in [2.75, 3.05) is 31.6 Å². The maximum Gasteiger partial charge on any atom is 0.123 e. The summed E-state index contributed by atoms with van der Waals surface area (Å²) >= 11 is 0. The summed E-state index contributed by atoms with van der Waals surface area (Å²) in [7, 11) is -2.05. The third kappa shape index (κ3) is 72.6. The molecule has 9 heteroatoms. The van der Waals surface area contributed by atoms with Gasteiger partial charge in [0, 0.05) is 78.0 Å². The normalized spacial score (nSPS) is 16.1. The molecule has 17 rings (SSSR count). The highest BCUT2D eigenvalue weighted by Crippen LogP contribution is 2.55. The van der Waals surface area contributed by atoms with Crippen molar-refractivity contribution in [3.05, 3.63) is 297 Å². The summed E-state index contributed by atoms with van der Waals surface area (Å²) < 4.78 is 20.0. The highest BCUT2D eigenvalue weighted by Gasteiger charge is 2.46. The van der Waals surface area contributed by atoms with Crippen LogP contribution in [0.2, 0.25) is 0 Å². The molecule has 1 saturated carbocycles. The SMILES string of the molecule is C.C.C.C.C=C1CCc2ccccc2N1.C=C1Cc2ccccc2CN1.C=S1(=O)Cc2ccccc2CN1.CC(C)(C)C.CC(C)(C)C.CC(C)(C)C.CC(C)(C)C.CC(C)(C)C.CC(C)(C)C.CC(C)(C)C.CC(C)(C)C.c1ccc2c(c1)CCC2.c1ccc2c(c1)CCCC21CC1.c1ccc2c(c1)CCCNC2.c1ccc2c(c1)CCNC2.c1ccc2c(c1)CNCCO2. The molecule has 6 N–H and O–H groups in total. The summed E-state index contributed by atoms with van der Waals surface area (Å²) in [6.45, 7) is 86.5. The zero-order valence-corrected chi connectivity index (χ0v) is 88.1. The van der Waals surface area contributed by atoms with E-state index in [1.807, 2.05) is 42.5 Å². The Hall–Kier alpha value is -7.50. The summed E-state index contributed by atoms with van der Waals surface area (Å²) in [6, 6.07) is 68.2. The van der Waals surface area contributed by atoms with Gasteiger partial charge in [0.25, 0.3) is 0 Å². The van der Waals surface area contributed by atoms with Crippen LogP contribution in [0.5, 0.6) is 5.75 Å². The number of para-hydroxylation sites is 2. The van der Waals surface area contributed by atoms with Gasteiger partial charge in [0.05, 0.1) is 5.75 Å². The van der Waals surface area contributed by atoms with Crippen LogP contribution in [0.25, 0.3) is 0 Å². The van der Waals surface area contributed by atoms with Crippen molar-refractivity contribution >= 4 is 21.3 Å². The molecule has 1 fully saturated rings. The van der Waals surface area contributed by atoms with E-state index in [4.69, 9.17) is 4.74 Å². The molecule has 0 bridgehead atoms. The first-order chi connectivity index (χ1) is 58.7. The van der Waals surface area contributed by atoms with Crippen LogP contribution in [-0.4, -0.2) is 36.3 Å². The van der Waals surface area contributed by atoms with Crippen LogP contribution in [0.4, 0.5) is 5.69 Å². The monoisotopic (exact) mass is 1820 g/mol. The second-order valence-electron chi connectivity index (χ2n) is 48.1. The molecule has 3 aliphatic carbocycles. The maximum atomic E-state index is 11.5. The van der Waals surface area contributed by atoms with Gasteiger partial charge in [-0.3, -0.25) is 4.21 Å². The third-order valence-electron chi connectivity index (χ3n) is 17.7. The van der Waals surface area contributed by atoms with E-state index in [1.165, 1.54) is 126 Å². The second-order valence-corrected chi connectivity index (χ2v) is 50.3. The van der Waals surface area contributed by atoms with Crippen molar-refractivity contribution in [3.8, 4) is 5.75 Å². The fourth-order valence-electron chi connectivity index (χ4n) is 12.7. The van der Waals surface area contributed by atoms with E-state index in [0.717, 1.165) is 94.4 Å². The van der Waals surface area contributed by atoms with Gasteiger partial charge in [-0.2, -0.15) is 0 Å². The molecular weight excluding hydrogens is 1610 g/mol. The van der Waals surface area contributed by atoms with E-state index in [9.17, 15) is 4.21 Å². The lowest BCUT2D eigenvalue weighted by Crippen LogP contribution is -2.29. The lowest BCUT2D eigenvalue weighted by Gasteiger charge is -2.24. The van der Waals surface area contributed by atoms with Crippen LogP contribution in [0.3, 0.4) is 0 Å². The van der Waals surface area contributed by atoms with Crippen molar-refractivity contribution < 1.29 is 8.95 Å². The van der Waals surface area contributed by atoms with E-state index in [0.29, 0.717) is 61.0 Å². The molecule has 131 heavy (non-hydrogen) atoms. The molecule has 1 unspecified atom stereocenters. The van der Waals surface area contributed by atoms with Crippen LogP contribution in [-0.2, 0) is 98.5 Å². The maximum absolute atomic E-state index is 11.5. The van der Waals surface area contributed by atoms with Crippen molar-refractivity contribution in [2.24, 2.45) is 43.3 Å². The third-order valence-corrected chi connectivity index (χ3v) is 19.2. The molecule has 8 aromatic rings. The number of ether oxygens (including phenoxy) is 1. The number of aryl methyl sites for hydroxylation is 5. The van der Waals surface area contributed by atoms with Crippen LogP contribution in [0.15, 0.2) is 219 Å². The van der Waals surface area contributed by atoms with Crippen LogP contribution in [0, 0.1) is 43.3 Å². The average molecular weight is 1820 g/mol. The number of hydrogen-bond donors (Lipinski definition) is 6. The minimum absolute atomic E-state index is 0. The van der Waals surface area contributed by atoms with Crippen molar-refractivity contribution in [2.45, 2.75) is 385 Å². The van der Waals surface area contributed by atoms with Crippen LogP contribution < -0.4 is 36.0 Å². The zero-order chi connectivity index (χ0) is 95.9. The van der Waals surface area contributed by atoms with Crippen molar-refractivity contribution in [1.29, 1.82) is 0 Å². The molecule has 6 heterocycles. The van der Waals surface area contributed by atoms with Gasteiger partial charge in [-0.25, -0.2) is 4.72 Å². The van der Waals surface area contributed by atoms with E-state index in [-0.39, 0.29) is 29.7 Å². The number of fused-ring (bicyclic) bond motifs is 9. The fourth-order valence-corrected chi connectivity index (χ4v) is 14.0. The molecule has 8 nitrogen and oxygen atoms in total.